The zero-order chi connectivity index (χ0) is 11.0. The van der Waals surface area contributed by atoms with Gasteiger partial charge in [-0.2, -0.15) is 0 Å². The number of primary amides is 1. The van der Waals surface area contributed by atoms with E-state index >= 15 is 0 Å². The quantitative estimate of drug-likeness (QED) is 0.339. The number of amides is 1. The van der Waals surface area contributed by atoms with Crippen molar-refractivity contribution < 1.29 is 24.6 Å². The van der Waals surface area contributed by atoms with Gasteiger partial charge in [-0.3, -0.25) is 4.79 Å². The predicted octanol–water partition coefficient (Wildman–Crippen LogP) is -4.22. The molecule has 6 nitrogen and oxygen atoms in total. The molecule has 0 unspecified atom stereocenters. The van der Waals surface area contributed by atoms with Crippen molar-refractivity contribution >= 4 is 81.9 Å². The Hall–Kier alpha value is 0.241. The van der Waals surface area contributed by atoms with E-state index in [1.54, 1.807) is 0 Å². The minimum absolute atomic E-state index is 0. The van der Waals surface area contributed by atoms with Crippen molar-refractivity contribution in [2.75, 3.05) is 0 Å². The molecule has 0 aliphatic heterocycles. The molecule has 0 heterocycles. The van der Waals surface area contributed by atoms with Crippen LogP contribution in [0.4, 0.5) is 0 Å². The number of nitrogens with two attached hydrogens (primary N) is 1. The molecule has 0 aromatic rings. The molecule has 9 heteroatoms. The maximum absolute atomic E-state index is 9.76. The van der Waals surface area contributed by atoms with Crippen LogP contribution in [0.1, 0.15) is 13.8 Å². The van der Waals surface area contributed by atoms with E-state index in [4.69, 9.17) is 0 Å². The maximum Gasteiger partial charge on any atom is 3.00 e. The molecule has 1 amide bonds. The van der Waals surface area contributed by atoms with Gasteiger partial charge in [0.05, 0.1) is 11.9 Å². The van der Waals surface area contributed by atoms with Crippen molar-refractivity contribution in [2.24, 2.45) is 5.73 Å². The zero-order valence-corrected chi connectivity index (χ0v) is 16.2. The van der Waals surface area contributed by atoms with Gasteiger partial charge in [-0.1, -0.05) is 0 Å². The van der Waals surface area contributed by atoms with Crippen LogP contribution in [0.2, 0.25) is 0 Å². The molecule has 0 aromatic heterocycles. The summed E-state index contributed by atoms with van der Waals surface area (Å²) in [6, 6.07) is 0. The van der Waals surface area contributed by atoms with Crippen molar-refractivity contribution in [3.05, 3.63) is 11.6 Å². The topological polar surface area (TPSA) is 123 Å². The van der Waals surface area contributed by atoms with Crippen molar-refractivity contribution in [1.29, 1.82) is 0 Å². The summed E-state index contributed by atoms with van der Waals surface area (Å²) in [6.45, 7) is 2.42. The Morgan fingerprint density at radius 3 is 1.38 bits per heavy atom. The number of hydrogen-bond acceptors (Lipinski definition) is 5. The molecule has 2 N–H and O–H groups in total. The fourth-order valence-electron chi connectivity index (χ4n) is 0.236. The Bertz CT molecular complexity index is 253. The molecule has 0 rings (SSSR count). The van der Waals surface area contributed by atoms with E-state index in [0.717, 1.165) is 6.92 Å². The van der Waals surface area contributed by atoms with Crippen LogP contribution in [0.3, 0.4) is 0 Å². The predicted molar refractivity (Wildman–Crippen MR) is 55.9 cm³/mol. The summed E-state index contributed by atoms with van der Waals surface area (Å²) in [5, 5.41) is 19.4. The monoisotopic (exact) mass is 446 g/mol. The van der Waals surface area contributed by atoms with Crippen LogP contribution in [0.5, 0.6) is 0 Å². The standard InChI is InChI=1S/C5H6O4.C2H5NO.2Ga.Sb/c1-3(5(8)9)2-4(6)7;1-2(3)4;;;/h2H,1H3,(H,6,7)(H,8,9);1H3,(H2,3,4);;;/q;;3*+3/p-2/b3-2+;;;;. The minimum Gasteiger partial charge on any atom is -0.545 e. The van der Waals surface area contributed by atoms with Crippen LogP contribution in [0.25, 0.3) is 0 Å². The zero-order valence-electron chi connectivity index (χ0n) is 8.80. The van der Waals surface area contributed by atoms with Crippen LogP contribution in [-0.4, -0.2) is 81.9 Å². The number of carbonyl (C=O) groups is 3. The van der Waals surface area contributed by atoms with Crippen LogP contribution < -0.4 is 15.9 Å². The molecule has 16 heavy (non-hydrogen) atoms. The maximum atomic E-state index is 9.76. The molecule has 0 spiro atoms. The van der Waals surface area contributed by atoms with Gasteiger partial charge in [0.15, 0.2) is 0 Å². The van der Waals surface area contributed by atoms with E-state index in [1.165, 1.54) is 6.92 Å². The van der Waals surface area contributed by atoms with Crippen LogP contribution in [0.15, 0.2) is 11.6 Å². The largest absolute Gasteiger partial charge is 3.00 e. The van der Waals surface area contributed by atoms with E-state index in [0.29, 0.717) is 6.08 Å². The molecule has 0 aliphatic rings. The molecule has 2 radical (unpaired) electrons. The SMILES string of the molecule is C/C(=C\C(=O)[O-])C(=O)[O-].CC(N)=O.[Ga+3].[Ga+3].[Sb+3]. The molecule has 0 atom stereocenters. The minimum atomic E-state index is -1.53. The molecular formula is C7H9Ga2NO5Sb+7. The van der Waals surface area contributed by atoms with Gasteiger partial charge in [0.2, 0.25) is 5.91 Å². The van der Waals surface area contributed by atoms with Gasteiger partial charge >= 0.3 is 64.0 Å². The normalized spacial score (nSPS) is 7.75. The van der Waals surface area contributed by atoms with Crippen molar-refractivity contribution in [2.45, 2.75) is 13.8 Å². The van der Waals surface area contributed by atoms with E-state index in [9.17, 15) is 24.6 Å². The third-order valence-electron chi connectivity index (χ3n) is 0.656. The summed E-state index contributed by atoms with van der Waals surface area (Å²) in [5.74, 6) is -3.36. The van der Waals surface area contributed by atoms with Gasteiger partial charge in [-0.05, 0) is 18.6 Å². The Morgan fingerprint density at radius 1 is 1.06 bits per heavy atom. The fourth-order valence-corrected chi connectivity index (χ4v) is 0.236. The number of hydrogen-bond donors (Lipinski definition) is 1. The number of carboxylic acids is 2. The number of carbonyl (C=O) groups excluding carboxylic acids is 3. The van der Waals surface area contributed by atoms with Crippen molar-refractivity contribution in [3.8, 4) is 0 Å². The number of rotatable bonds is 2. The summed E-state index contributed by atoms with van der Waals surface area (Å²) >= 11 is 0. The van der Waals surface area contributed by atoms with Gasteiger partial charge < -0.3 is 25.5 Å². The fraction of sp³-hybridized carbons (Fsp3) is 0.286. The van der Waals surface area contributed by atoms with Crippen molar-refractivity contribution in [3.63, 3.8) is 0 Å². The number of carboxylic acid groups (broad SMARTS) is 2. The van der Waals surface area contributed by atoms with Gasteiger partial charge in [0.25, 0.3) is 0 Å². The molecule has 0 saturated heterocycles. The third-order valence-corrected chi connectivity index (χ3v) is 0.656. The second-order valence-corrected chi connectivity index (χ2v) is 2.04. The first-order valence-corrected chi connectivity index (χ1v) is 3.14. The Kier molecular flexibility index (Phi) is 32.9. The summed E-state index contributed by atoms with van der Waals surface area (Å²) in [5.41, 5.74) is 4.12. The van der Waals surface area contributed by atoms with E-state index in [1.807, 2.05) is 0 Å². The molecule has 76 valence electrons. The van der Waals surface area contributed by atoms with Gasteiger partial charge in [0.1, 0.15) is 0 Å². The van der Waals surface area contributed by atoms with Crippen molar-refractivity contribution in [1.82, 2.24) is 0 Å². The van der Waals surface area contributed by atoms with E-state index in [2.05, 4.69) is 5.73 Å². The first-order valence-electron chi connectivity index (χ1n) is 3.14. The molecule has 0 bridgehead atoms. The first kappa shape index (κ1) is 29.9. The summed E-state index contributed by atoms with van der Waals surface area (Å²) < 4.78 is 0. The Labute approximate surface area is 137 Å². The van der Waals surface area contributed by atoms with E-state index < -0.39 is 11.9 Å². The smallest absolute Gasteiger partial charge is 0.545 e. The summed E-state index contributed by atoms with van der Waals surface area (Å²) in [6.07, 6.45) is 0.468. The molecular weight excluding hydrogens is 439 g/mol. The van der Waals surface area contributed by atoms with Crippen LogP contribution in [-0.2, 0) is 14.4 Å². The second kappa shape index (κ2) is 17.6. The Balaban J connectivity index is -0.0000000511. The first-order chi connectivity index (χ1) is 5.77. The molecule has 0 fully saturated rings. The summed E-state index contributed by atoms with van der Waals surface area (Å²) in [7, 11) is 0. The van der Waals surface area contributed by atoms with Gasteiger partial charge in [-0.25, -0.2) is 0 Å². The average molecular weight is 448 g/mol. The molecule has 0 aromatic carbocycles. The van der Waals surface area contributed by atoms with E-state index in [-0.39, 0.29) is 75.5 Å². The average Bonchev–Trinajstić information content (AvgIpc) is 1.83. The summed E-state index contributed by atoms with van der Waals surface area (Å²) in [4.78, 5) is 28.6. The number of aliphatic carboxylic acids is 2. The second-order valence-electron chi connectivity index (χ2n) is 2.04. The van der Waals surface area contributed by atoms with Crippen LogP contribution >= 0.6 is 0 Å². The molecule has 0 saturated carbocycles. The third kappa shape index (κ3) is 36.8. The van der Waals surface area contributed by atoms with Gasteiger partial charge in [-0.15, -0.1) is 0 Å². The Morgan fingerprint density at radius 2 is 1.31 bits per heavy atom. The van der Waals surface area contributed by atoms with Gasteiger partial charge in [0, 0.05) is 6.92 Å². The van der Waals surface area contributed by atoms with Crippen LogP contribution in [0, 0.1) is 0 Å². The molecule has 0 aliphatic carbocycles.